The van der Waals surface area contributed by atoms with Gasteiger partial charge in [-0.05, 0) is 25.8 Å². The van der Waals surface area contributed by atoms with Crippen LogP contribution < -0.4 is 0 Å². The van der Waals surface area contributed by atoms with Gasteiger partial charge < -0.3 is 0 Å². The third kappa shape index (κ3) is 12.8. The molecule has 1 radical (unpaired) electrons. The van der Waals surface area contributed by atoms with Crippen LogP contribution in [0.25, 0.3) is 0 Å². The molecule has 0 heterocycles. The third-order valence-corrected chi connectivity index (χ3v) is 1.80. The van der Waals surface area contributed by atoms with Crippen molar-refractivity contribution in [1.82, 2.24) is 0 Å². The summed E-state index contributed by atoms with van der Waals surface area (Å²) in [4.78, 5) is 0. The van der Waals surface area contributed by atoms with Crippen LogP contribution in [0.3, 0.4) is 0 Å². The average molecular weight is 219 g/mol. The summed E-state index contributed by atoms with van der Waals surface area (Å²) in [6.45, 7) is 12.0. The van der Waals surface area contributed by atoms with Gasteiger partial charge in [0.15, 0.2) is 0 Å². The monoisotopic (exact) mass is 219 g/mol. The van der Waals surface area contributed by atoms with E-state index in [1.807, 2.05) is 26.0 Å². The lowest BCUT2D eigenvalue weighted by Gasteiger charge is -1.89. The van der Waals surface area contributed by atoms with Gasteiger partial charge in [-0.2, -0.15) is 0 Å². The zero-order valence-electron chi connectivity index (χ0n) is 11.2. The summed E-state index contributed by atoms with van der Waals surface area (Å²) in [5.41, 5.74) is 2.37. The Labute approximate surface area is 104 Å². The molecule has 0 aromatic heterocycles. The van der Waals surface area contributed by atoms with Crippen LogP contribution >= 0.6 is 0 Å². The first-order valence-corrected chi connectivity index (χ1v) is 6.02. The minimum Gasteiger partial charge on any atom is -0.120 e. The van der Waals surface area contributed by atoms with Crippen molar-refractivity contribution in [3.8, 4) is 12.3 Å². The van der Waals surface area contributed by atoms with Gasteiger partial charge in [0.05, 0.1) is 0 Å². The maximum atomic E-state index is 4.96. The highest BCUT2D eigenvalue weighted by Gasteiger charge is 1.80. The highest BCUT2D eigenvalue weighted by Crippen LogP contribution is 1.99. The predicted molar refractivity (Wildman–Crippen MR) is 77.5 cm³/mol. The van der Waals surface area contributed by atoms with Crippen LogP contribution in [0.4, 0.5) is 0 Å². The largest absolute Gasteiger partial charge is 0.120 e. The minimum absolute atomic E-state index is 0. The van der Waals surface area contributed by atoms with Gasteiger partial charge >= 0.3 is 0 Å². The Bertz CT molecular complexity index is 246. The molecule has 16 heavy (non-hydrogen) atoms. The second-order valence-electron chi connectivity index (χ2n) is 3.29. The van der Waals surface area contributed by atoms with Gasteiger partial charge in [0, 0.05) is 7.85 Å². The van der Waals surface area contributed by atoms with Gasteiger partial charge in [-0.25, -0.2) is 0 Å². The number of benzene rings is 1. The van der Waals surface area contributed by atoms with Gasteiger partial charge in [0.25, 0.3) is 0 Å². The van der Waals surface area contributed by atoms with Crippen LogP contribution in [0.1, 0.15) is 52.6 Å². The van der Waals surface area contributed by atoms with Crippen molar-refractivity contribution < 1.29 is 1.43 Å². The fraction of sp³-hybridized carbons (Fsp3) is 0.438. The van der Waals surface area contributed by atoms with Crippen LogP contribution in [0, 0.1) is 26.2 Å². The minimum atomic E-state index is 0. The Morgan fingerprint density at radius 2 is 1.75 bits per heavy atom. The van der Waals surface area contributed by atoms with Gasteiger partial charge in [-0.3, -0.25) is 0 Å². The third-order valence-electron chi connectivity index (χ3n) is 1.80. The van der Waals surface area contributed by atoms with Gasteiger partial charge in [0.1, 0.15) is 0 Å². The van der Waals surface area contributed by atoms with Crippen LogP contribution in [0.5, 0.6) is 0 Å². The molecule has 0 bridgehead atoms. The first-order valence-electron chi connectivity index (χ1n) is 6.02. The standard InChI is InChI=1S/C8H9.C6H10.C2H6.H2/c1-7-3-5-8(2)6-4-7;1-3-5-6-4-2;1-2;/h3-6H,1H2,2H3;1H,4-6H2,2H3;1-2H3;1H. The maximum Gasteiger partial charge on any atom is 0.00859 e. The molecule has 1 rings (SSSR count). The topological polar surface area (TPSA) is 0 Å². The van der Waals surface area contributed by atoms with E-state index in [1.54, 1.807) is 0 Å². The summed E-state index contributed by atoms with van der Waals surface area (Å²) < 4.78 is 0. The van der Waals surface area contributed by atoms with Gasteiger partial charge in [0.2, 0.25) is 0 Å². The van der Waals surface area contributed by atoms with Crippen LogP contribution in [0.15, 0.2) is 24.3 Å². The molecule has 0 atom stereocenters. The van der Waals surface area contributed by atoms with E-state index in [0.29, 0.717) is 0 Å². The molecule has 0 aliphatic heterocycles. The number of hydrogen-bond acceptors (Lipinski definition) is 0. The summed E-state index contributed by atoms with van der Waals surface area (Å²) in [5, 5.41) is 0. The molecule has 0 unspecified atom stereocenters. The highest BCUT2D eigenvalue weighted by molar-refractivity contribution is 5.22. The number of terminal acetylenes is 1. The molecule has 0 aliphatic rings. The molecule has 0 amide bonds. The zero-order chi connectivity index (χ0) is 12.8. The first kappa shape index (κ1) is 17.2. The molecule has 0 aliphatic carbocycles. The lowest BCUT2D eigenvalue weighted by molar-refractivity contribution is 0.828. The molecule has 1 aromatic rings. The average Bonchev–Trinajstić information content (AvgIpc) is 2.34. The molecular formula is C16H27. The fourth-order valence-electron chi connectivity index (χ4n) is 0.867. The molecule has 0 N–H and O–H groups in total. The smallest absolute Gasteiger partial charge is 0.00859 e. The van der Waals surface area contributed by atoms with E-state index in [1.165, 1.54) is 18.4 Å². The lowest BCUT2D eigenvalue weighted by atomic mass is 10.2. The SMILES string of the molecule is C#CCCCC.CC.[CH2]c1ccc(C)cc1.[HH]. The molecule has 0 spiro atoms. The van der Waals surface area contributed by atoms with E-state index >= 15 is 0 Å². The summed E-state index contributed by atoms with van der Waals surface area (Å²) in [6, 6.07) is 8.13. The molecule has 1 aromatic carbocycles. The second-order valence-corrected chi connectivity index (χ2v) is 3.29. The van der Waals surface area contributed by atoms with E-state index in [9.17, 15) is 0 Å². The van der Waals surface area contributed by atoms with E-state index < -0.39 is 0 Å². The molecule has 0 nitrogen and oxygen atoms in total. The van der Waals surface area contributed by atoms with Crippen LogP contribution in [-0.2, 0) is 0 Å². The summed E-state index contributed by atoms with van der Waals surface area (Å²) in [7, 11) is 0. The fourth-order valence-corrected chi connectivity index (χ4v) is 0.867. The van der Waals surface area contributed by atoms with Crippen molar-refractivity contribution in [2.75, 3.05) is 0 Å². The van der Waals surface area contributed by atoms with Crippen LogP contribution in [0.2, 0.25) is 0 Å². The Balaban J connectivity index is -0.000000197. The van der Waals surface area contributed by atoms with Crippen molar-refractivity contribution in [2.45, 2.75) is 47.0 Å². The van der Waals surface area contributed by atoms with Gasteiger partial charge in [-0.15, -0.1) is 12.3 Å². The Morgan fingerprint density at radius 3 is 2.00 bits per heavy atom. The molecule has 91 valence electrons. The van der Waals surface area contributed by atoms with Crippen molar-refractivity contribution >= 4 is 0 Å². The van der Waals surface area contributed by atoms with Crippen molar-refractivity contribution in [1.29, 1.82) is 0 Å². The zero-order valence-corrected chi connectivity index (χ0v) is 11.2. The normalized spacial score (nSPS) is 7.75. The lowest BCUT2D eigenvalue weighted by Crippen LogP contribution is -1.70. The molecule has 0 saturated heterocycles. The van der Waals surface area contributed by atoms with E-state index in [4.69, 9.17) is 6.42 Å². The Morgan fingerprint density at radius 1 is 1.25 bits per heavy atom. The number of rotatable bonds is 2. The van der Waals surface area contributed by atoms with E-state index in [0.717, 1.165) is 12.0 Å². The van der Waals surface area contributed by atoms with E-state index in [-0.39, 0.29) is 1.43 Å². The molecule has 0 saturated carbocycles. The Kier molecular flexibility index (Phi) is 14.8. The predicted octanol–water partition coefficient (Wildman–Crippen LogP) is 5.26. The number of unbranched alkanes of at least 4 members (excludes halogenated alkanes) is 2. The first-order chi connectivity index (χ1) is 7.70. The number of aryl methyl sites for hydroxylation is 1. The molecule has 0 heteroatoms. The maximum absolute atomic E-state index is 4.96. The highest BCUT2D eigenvalue weighted by atomic mass is 13.9. The van der Waals surface area contributed by atoms with Gasteiger partial charge in [-0.1, -0.05) is 57.0 Å². The van der Waals surface area contributed by atoms with Crippen molar-refractivity contribution in [2.24, 2.45) is 0 Å². The second kappa shape index (κ2) is 13.8. The Hall–Kier alpha value is -1.22. The van der Waals surface area contributed by atoms with E-state index in [2.05, 4.69) is 38.8 Å². The summed E-state index contributed by atoms with van der Waals surface area (Å²) in [5.74, 6) is 2.57. The number of hydrogen-bond donors (Lipinski definition) is 0. The summed E-state index contributed by atoms with van der Waals surface area (Å²) >= 11 is 0. The van der Waals surface area contributed by atoms with Crippen LogP contribution in [-0.4, -0.2) is 0 Å². The summed E-state index contributed by atoms with van der Waals surface area (Å²) in [6.07, 6.45) is 8.30. The quantitative estimate of drug-likeness (QED) is 0.470. The van der Waals surface area contributed by atoms with Crippen molar-refractivity contribution in [3.05, 3.63) is 42.3 Å². The molecule has 0 fully saturated rings. The van der Waals surface area contributed by atoms with Crippen molar-refractivity contribution in [3.63, 3.8) is 0 Å². The molecular weight excluding hydrogens is 192 g/mol.